The molecular formula is C12H27NO2. The second-order valence-corrected chi connectivity index (χ2v) is 3.99. The third-order valence-corrected chi connectivity index (χ3v) is 2.01. The van der Waals surface area contributed by atoms with Crippen molar-refractivity contribution >= 4 is 0 Å². The summed E-state index contributed by atoms with van der Waals surface area (Å²) in [5.41, 5.74) is 0. The monoisotopic (exact) mass is 217 g/mol. The Hall–Kier alpha value is -0.120. The first-order chi connectivity index (χ1) is 7.27. The topological polar surface area (TPSA) is 30.5 Å². The first-order valence-corrected chi connectivity index (χ1v) is 6.17. The van der Waals surface area contributed by atoms with E-state index >= 15 is 0 Å². The summed E-state index contributed by atoms with van der Waals surface area (Å²) >= 11 is 0. The molecule has 0 unspecified atom stereocenters. The second kappa shape index (κ2) is 12.0. The molecule has 3 heteroatoms. The van der Waals surface area contributed by atoms with Gasteiger partial charge in [-0.2, -0.15) is 0 Å². The molecular weight excluding hydrogens is 190 g/mol. The van der Waals surface area contributed by atoms with Crippen LogP contribution in [0.25, 0.3) is 0 Å². The van der Waals surface area contributed by atoms with Crippen molar-refractivity contribution in [1.29, 1.82) is 0 Å². The summed E-state index contributed by atoms with van der Waals surface area (Å²) in [4.78, 5) is 0. The molecule has 0 bridgehead atoms. The molecule has 0 aromatic rings. The molecule has 0 saturated carbocycles. The van der Waals surface area contributed by atoms with Gasteiger partial charge in [0.15, 0.2) is 0 Å². The summed E-state index contributed by atoms with van der Waals surface area (Å²) in [6.07, 6.45) is 3.80. The molecule has 0 aliphatic rings. The van der Waals surface area contributed by atoms with Crippen molar-refractivity contribution < 1.29 is 9.47 Å². The minimum Gasteiger partial charge on any atom is -0.380 e. The predicted molar refractivity (Wildman–Crippen MR) is 64.3 cm³/mol. The summed E-state index contributed by atoms with van der Waals surface area (Å²) in [6, 6.07) is 0. The van der Waals surface area contributed by atoms with Crippen LogP contribution in [0.3, 0.4) is 0 Å². The normalized spacial score (nSPS) is 11.2. The van der Waals surface area contributed by atoms with Crippen molar-refractivity contribution in [3.05, 3.63) is 0 Å². The highest BCUT2D eigenvalue weighted by molar-refractivity contribution is 4.47. The van der Waals surface area contributed by atoms with Gasteiger partial charge in [-0.05, 0) is 33.2 Å². The zero-order chi connectivity index (χ0) is 11.4. The van der Waals surface area contributed by atoms with Crippen LogP contribution in [-0.2, 0) is 9.47 Å². The zero-order valence-electron chi connectivity index (χ0n) is 10.6. The number of unbranched alkanes of at least 4 members (excludes halogenated alkanes) is 1. The van der Waals surface area contributed by atoms with Gasteiger partial charge in [-0.25, -0.2) is 0 Å². The van der Waals surface area contributed by atoms with Crippen molar-refractivity contribution in [3.8, 4) is 0 Å². The second-order valence-electron chi connectivity index (χ2n) is 3.99. The summed E-state index contributed by atoms with van der Waals surface area (Å²) in [7, 11) is 0. The summed E-state index contributed by atoms with van der Waals surface area (Å²) in [6.45, 7) is 10.8. The van der Waals surface area contributed by atoms with E-state index in [1.54, 1.807) is 0 Å². The molecule has 0 radical (unpaired) electrons. The highest BCUT2D eigenvalue weighted by Crippen LogP contribution is 1.89. The number of rotatable bonds is 11. The van der Waals surface area contributed by atoms with Crippen LogP contribution >= 0.6 is 0 Å². The van der Waals surface area contributed by atoms with Crippen LogP contribution in [0.4, 0.5) is 0 Å². The average molecular weight is 217 g/mol. The van der Waals surface area contributed by atoms with E-state index in [4.69, 9.17) is 9.47 Å². The van der Waals surface area contributed by atoms with E-state index in [0.29, 0.717) is 6.10 Å². The molecule has 0 saturated heterocycles. The third kappa shape index (κ3) is 13.9. The average Bonchev–Trinajstić information content (AvgIpc) is 2.20. The fourth-order valence-electron chi connectivity index (χ4n) is 1.13. The van der Waals surface area contributed by atoms with Gasteiger partial charge in [0.25, 0.3) is 0 Å². The van der Waals surface area contributed by atoms with Gasteiger partial charge in [-0.15, -0.1) is 0 Å². The Morgan fingerprint density at radius 3 is 2.47 bits per heavy atom. The van der Waals surface area contributed by atoms with Crippen molar-refractivity contribution in [3.63, 3.8) is 0 Å². The lowest BCUT2D eigenvalue weighted by molar-refractivity contribution is 0.0763. The van der Waals surface area contributed by atoms with Gasteiger partial charge in [-0.1, -0.05) is 13.3 Å². The molecule has 0 amide bonds. The van der Waals surface area contributed by atoms with E-state index in [2.05, 4.69) is 26.1 Å². The lowest BCUT2D eigenvalue weighted by Crippen LogP contribution is -2.22. The van der Waals surface area contributed by atoms with Crippen LogP contribution in [0.1, 0.15) is 40.0 Å². The Bertz CT molecular complexity index is 118. The molecule has 0 rings (SSSR count). The Labute approximate surface area is 94.5 Å². The van der Waals surface area contributed by atoms with Crippen LogP contribution in [0.15, 0.2) is 0 Å². The van der Waals surface area contributed by atoms with E-state index in [9.17, 15) is 0 Å². The zero-order valence-corrected chi connectivity index (χ0v) is 10.6. The maximum Gasteiger partial charge on any atom is 0.0590 e. The van der Waals surface area contributed by atoms with Crippen LogP contribution in [-0.4, -0.2) is 39.0 Å². The Kier molecular flexibility index (Phi) is 11.9. The van der Waals surface area contributed by atoms with E-state index in [-0.39, 0.29) is 0 Å². The van der Waals surface area contributed by atoms with Crippen molar-refractivity contribution in [1.82, 2.24) is 5.32 Å². The summed E-state index contributed by atoms with van der Waals surface area (Å²) < 4.78 is 10.9. The molecule has 0 aliphatic heterocycles. The highest BCUT2D eigenvalue weighted by Gasteiger charge is 1.93. The first-order valence-electron chi connectivity index (χ1n) is 6.17. The predicted octanol–water partition coefficient (Wildman–Crippen LogP) is 2.21. The molecule has 0 heterocycles. The molecule has 0 spiro atoms. The van der Waals surface area contributed by atoms with Crippen LogP contribution in [0.5, 0.6) is 0 Å². The quantitative estimate of drug-likeness (QED) is 0.538. The fourth-order valence-corrected chi connectivity index (χ4v) is 1.13. The van der Waals surface area contributed by atoms with Crippen molar-refractivity contribution in [2.24, 2.45) is 0 Å². The number of hydrogen-bond acceptors (Lipinski definition) is 3. The molecule has 92 valence electrons. The maximum atomic E-state index is 5.43. The van der Waals surface area contributed by atoms with E-state index in [1.165, 1.54) is 12.8 Å². The van der Waals surface area contributed by atoms with Crippen molar-refractivity contribution in [2.45, 2.75) is 46.1 Å². The van der Waals surface area contributed by atoms with E-state index < -0.39 is 0 Å². The first kappa shape index (κ1) is 14.9. The van der Waals surface area contributed by atoms with Crippen LogP contribution < -0.4 is 5.32 Å². The number of hydrogen-bond donors (Lipinski definition) is 1. The number of ether oxygens (including phenoxy) is 2. The largest absolute Gasteiger partial charge is 0.380 e. The van der Waals surface area contributed by atoms with Gasteiger partial charge in [0, 0.05) is 19.8 Å². The van der Waals surface area contributed by atoms with E-state index in [1.807, 2.05) is 0 Å². The van der Waals surface area contributed by atoms with Gasteiger partial charge >= 0.3 is 0 Å². The Morgan fingerprint density at radius 2 is 1.80 bits per heavy atom. The SMILES string of the molecule is CCCCOCCNCCCOC(C)C. The molecule has 1 N–H and O–H groups in total. The van der Waals surface area contributed by atoms with Crippen molar-refractivity contribution in [2.75, 3.05) is 32.9 Å². The molecule has 0 aromatic heterocycles. The molecule has 0 aromatic carbocycles. The van der Waals surface area contributed by atoms with Gasteiger partial charge < -0.3 is 14.8 Å². The molecule has 0 fully saturated rings. The smallest absolute Gasteiger partial charge is 0.0590 e. The molecule has 3 nitrogen and oxygen atoms in total. The lowest BCUT2D eigenvalue weighted by Gasteiger charge is -2.08. The summed E-state index contributed by atoms with van der Waals surface area (Å²) in [5.74, 6) is 0. The minimum absolute atomic E-state index is 0.349. The lowest BCUT2D eigenvalue weighted by atomic mass is 10.4. The maximum absolute atomic E-state index is 5.43. The van der Waals surface area contributed by atoms with Gasteiger partial charge in [0.05, 0.1) is 12.7 Å². The van der Waals surface area contributed by atoms with Gasteiger partial charge in [0.1, 0.15) is 0 Å². The molecule has 0 aliphatic carbocycles. The Morgan fingerprint density at radius 1 is 1.00 bits per heavy atom. The fraction of sp³-hybridized carbons (Fsp3) is 1.00. The van der Waals surface area contributed by atoms with Gasteiger partial charge in [0.2, 0.25) is 0 Å². The summed E-state index contributed by atoms with van der Waals surface area (Å²) in [5, 5.41) is 3.33. The Balaban J connectivity index is 2.87. The van der Waals surface area contributed by atoms with Gasteiger partial charge in [-0.3, -0.25) is 0 Å². The van der Waals surface area contributed by atoms with Crippen LogP contribution in [0, 0.1) is 0 Å². The minimum atomic E-state index is 0.349. The standard InChI is InChI=1S/C12H27NO2/c1-4-5-9-14-11-8-13-7-6-10-15-12(2)3/h12-13H,4-11H2,1-3H3. The third-order valence-electron chi connectivity index (χ3n) is 2.01. The van der Waals surface area contributed by atoms with Crippen LogP contribution in [0.2, 0.25) is 0 Å². The van der Waals surface area contributed by atoms with E-state index in [0.717, 1.165) is 39.3 Å². The molecule has 0 atom stereocenters. The molecule has 15 heavy (non-hydrogen) atoms. The number of nitrogens with one attached hydrogen (secondary N) is 1. The highest BCUT2D eigenvalue weighted by atomic mass is 16.5.